The Labute approximate surface area is 61.0 Å². The monoisotopic (exact) mass is 147 g/mol. The number of hydrogen-bond acceptors (Lipinski definition) is 2. The van der Waals surface area contributed by atoms with Crippen molar-refractivity contribution in [1.29, 1.82) is 0 Å². The Balaban J connectivity index is 2.38. The summed E-state index contributed by atoms with van der Waals surface area (Å²) in [6.45, 7) is 1.37. The molecule has 1 rings (SSSR count). The van der Waals surface area contributed by atoms with Gasteiger partial charge in [0.05, 0.1) is 12.6 Å². The highest BCUT2D eigenvalue weighted by atomic mass is 19.1. The summed E-state index contributed by atoms with van der Waals surface area (Å²) in [5.41, 5.74) is 0. The van der Waals surface area contributed by atoms with Gasteiger partial charge in [-0.25, -0.2) is 4.39 Å². The minimum atomic E-state index is -0.690. The molecule has 10 heavy (non-hydrogen) atoms. The largest absolute Gasteiger partial charge is 0.383 e. The zero-order chi connectivity index (χ0) is 7.56. The Hall–Kier alpha value is -0.150. The predicted molar refractivity (Wildman–Crippen MR) is 37.8 cm³/mol. The van der Waals surface area contributed by atoms with E-state index in [0.29, 0.717) is 13.0 Å². The van der Waals surface area contributed by atoms with Gasteiger partial charge in [0.25, 0.3) is 0 Å². The lowest BCUT2D eigenvalue weighted by Crippen LogP contribution is -2.34. The van der Waals surface area contributed by atoms with Crippen LogP contribution in [0, 0.1) is 0 Å². The Kier molecular flexibility index (Phi) is 2.63. The lowest BCUT2D eigenvalue weighted by molar-refractivity contribution is 0.0972. The summed E-state index contributed by atoms with van der Waals surface area (Å²) >= 11 is 0. The molecule has 1 fully saturated rings. The Morgan fingerprint density at radius 2 is 2.40 bits per heavy atom. The lowest BCUT2D eigenvalue weighted by atomic mass is 10.2. The maximum absolute atomic E-state index is 12.9. The number of ether oxygens (including phenoxy) is 1. The summed E-state index contributed by atoms with van der Waals surface area (Å²) in [4.78, 5) is 2.01. The van der Waals surface area contributed by atoms with E-state index >= 15 is 0 Å². The molecule has 0 amide bonds. The standard InChI is InChI=1S/C7H14FNO/c1-9-4-3-6(8)7(9)5-10-2/h6-7H,3-5H2,1-2H3/t6-,7-/m1/s1. The van der Waals surface area contributed by atoms with Crippen molar-refractivity contribution < 1.29 is 9.13 Å². The molecule has 0 aliphatic carbocycles. The van der Waals surface area contributed by atoms with E-state index in [1.807, 2.05) is 11.9 Å². The van der Waals surface area contributed by atoms with Crippen LogP contribution in [0.4, 0.5) is 4.39 Å². The first kappa shape index (κ1) is 7.95. The molecular weight excluding hydrogens is 133 g/mol. The van der Waals surface area contributed by atoms with Crippen LogP contribution in [-0.4, -0.2) is 44.4 Å². The molecule has 0 bridgehead atoms. The number of rotatable bonds is 2. The number of hydrogen-bond donors (Lipinski definition) is 0. The lowest BCUT2D eigenvalue weighted by Gasteiger charge is -2.19. The maximum atomic E-state index is 12.9. The van der Waals surface area contributed by atoms with Crippen LogP contribution in [-0.2, 0) is 4.74 Å². The van der Waals surface area contributed by atoms with Crippen molar-refractivity contribution in [2.24, 2.45) is 0 Å². The number of alkyl halides is 1. The summed E-state index contributed by atoms with van der Waals surface area (Å²) < 4.78 is 17.8. The molecule has 2 atom stereocenters. The van der Waals surface area contributed by atoms with E-state index < -0.39 is 6.17 Å². The average molecular weight is 147 g/mol. The highest BCUT2D eigenvalue weighted by Gasteiger charge is 2.31. The molecule has 0 saturated carbocycles. The molecule has 60 valence electrons. The Morgan fingerprint density at radius 3 is 2.80 bits per heavy atom. The number of halogens is 1. The van der Waals surface area contributed by atoms with Crippen molar-refractivity contribution in [3.63, 3.8) is 0 Å². The van der Waals surface area contributed by atoms with Gasteiger partial charge in [-0.2, -0.15) is 0 Å². The molecule has 0 spiro atoms. The van der Waals surface area contributed by atoms with Gasteiger partial charge in [0.1, 0.15) is 6.17 Å². The summed E-state index contributed by atoms with van der Waals surface area (Å²) in [5.74, 6) is 0. The SMILES string of the molecule is COC[C@@H]1[C@H](F)CCN1C. The van der Waals surface area contributed by atoms with Crippen LogP contribution in [0.1, 0.15) is 6.42 Å². The fourth-order valence-electron chi connectivity index (χ4n) is 1.36. The first-order valence-corrected chi connectivity index (χ1v) is 3.59. The van der Waals surface area contributed by atoms with E-state index in [9.17, 15) is 4.39 Å². The van der Waals surface area contributed by atoms with Crippen molar-refractivity contribution in [2.75, 3.05) is 27.3 Å². The molecule has 0 aromatic rings. The van der Waals surface area contributed by atoms with Gasteiger partial charge in [0, 0.05) is 13.7 Å². The summed E-state index contributed by atoms with van der Waals surface area (Å²) in [7, 11) is 3.54. The molecule has 2 nitrogen and oxygen atoms in total. The van der Waals surface area contributed by atoms with Crippen LogP contribution < -0.4 is 0 Å². The minimum Gasteiger partial charge on any atom is -0.383 e. The molecule has 0 radical (unpaired) electrons. The van der Waals surface area contributed by atoms with Gasteiger partial charge >= 0.3 is 0 Å². The molecule has 0 aromatic carbocycles. The van der Waals surface area contributed by atoms with Crippen molar-refractivity contribution in [3.05, 3.63) is 0 Å². The topological polar surface area (TPSA) is 12.5 Å². The second-order valence-corrected chi connectivity index (χ2v) is 2.81. The molecule has 0 unspecified atom stereocenters. The number of likely N-dealkylation sites (N-methyl/N-ethyl adjacent to an activating group) is 1. The quantitative estimate of drug-likeness (QED) is 0.569. The van der Waals surface area contributed by atoms with Crippen LogP contribution in [0.25, 0.3) is 0 Å². The van der Waals surface area contributed by atoms with Gasteiger partial charge in [0.2, 0.25) is 0 Å². The molecular formula is C7H14FNO. The summed E-state index contributed by atoms with van der Waals surface area (Å²) in [6, 6.07) is -0.00926. The second-order valence-electron chi connectivity index (χ2n) is 2.81. The first-order chi connectivity index (χ1) is 4.75. The minimum absolute atomic E-state index is 0.00926. The summed E-state index contributed by atoms with van der Waals surface area (Å²) in [6.07, 6.45) is -0.0326. The van der Waals surface area contributed by atoms with Crippen LogP contribution in [0.5, 0.6) is 0 Å². The van der Waals surface area contributed by atoms with Gasteiger partial charge in [-0.05, 0) is 13.5 Å². The number of likely N-dealkylation sites (tertiary alicyclic amines) is 1. The zero-order valence-electron chi connectivity index (χ0n) is 6.51. The fraction of sp³-hybridized carbons (Fsp3) is 1.00. The summed E-state index contributed by atoms with van der Waals surface area (Å²) in [5, 5.41) is 0. The van der Waals surface area contributed by atoms with E-state index in [4.69, 9.17) is 4.74 Å². The Bertz CT molecular complexity index is 99.8. The van der Waals surface area contributed by atoms with Crippen molar-refractivity contribution in [3.8, 4) is 0 Å². The van der Waals surface area contributed by atoms with Gasteiger partial charge < -0.3 is 4.74 Å². The van der Waals surface area contributed by atoms with Crippen molar-refractivity contribution in [2.45, 2.75) is 18.6 Å². The van der Waals surface area contributed by atoms with E-state index in [1.165, 1.54) is 0 Å². The average Bonchev–Trinajstić information content (AvgIpc) is 2.20. The van der Waals surface area contributed by atoms with E-state index in [1.54, 1.807) is 7.11 Å². The van der Waals surface area contributed by atoms with E-state index in [-0.39, 0.29) is 6.04 Å². The predicted octanol–water partition coefficient (Wildman–Crippen LogP) is 0.675. The van der Waals surface area contributed by atoms with Gasteiger partial charge in [0.15, 0.2) is 0 Å². The third-order valence-electron chi connectivity index (χ3n) is 2.08. The second kappa shape index (κ2) is 3.30. The highest BCUT2D eigenvalue weighted by molar-refractivity contribution is 4.84. The van der Waals surface area contributed by atoms with Crippen LogP contribution in [0.15, 0.2) is 0 Å². The normalized spacial score (nSPS) is 35.1. The molecule has 0 aromatic heterocycles. The van der Waals surface area contributed by atoms with Crippen molar-refractivity contribution >= 4 is 0 Å². The first-order valence-electron chi connectivity index (χ1n) is 3.59. The Morgan fingerprint density at radius 1 is 1.70 bits per heavy atom. The number of methoxy groups -OCH3 is 1. The number of nitrogens with zero attached hydrogens (tertiary/aromatic N) is 1. The van der Waals surface area contributed by atoms with Crippen LogP contribution in [0.2, 0.25) is 0 Å². The van der Waals surface area contributed by atoms with Crippen LogP contribution >= 0.6 is 0 Å². The third-order valence-corrected chi connectivity index (χ3v) is 2.08. The molecule has 0 N–H and O–H groups in total. The molecule has 1 heterocycles. The van der Waals surface area contributed by atoms with Gasteiger partial charge in [-0.15, -0.1) is 0 Å². The smallest absolute Gasteiger partial charge is 0.119 e. The third kappa shape index (κ3) is 1.47. The molecule has 3 heteroatoms. The van der Waals surface area contributed by atoms with E-state index in [0.717, 1.165) is 6.54 Å². The van der Waals surface area contributed by atoms with Crippen molar-refractivity contribution in [1.82, 2.24) is 4.90 Å². The van der Waals surface area contributed by atoms with E-state index in [2.05, 4.69) is 0 Å². The van der Waals surface area contributed by atoms with Gasteiger partial charge in [-0.3, -0.25) is 4.90 Å². The molecule has 1 aliphatic rings. The van der Waals surface area contributed by atoms with Crippen LogP contribution in [0.3, 0.4) is 0 Å². The molecule has 1 saturated heterocycles. The zero-order valence-corrected chi connectivity index (χ0v) is 6.51. The maximum Gasteiger partial charge on any atom is 0.119 e. The highest BCUT2D eigenvalue weighted by Crippen LogP contribution is 2.18. The molecule has 1 aliphatic heterocycles. The fourth-order valence-corrected chi connectivity index (χ4v) is 1.36. The van der Waals surface area contributed by atoms with Gasteiger partial charge in [-0.1, -0.05) is 0 Å².